The van der Waals surface area contributed by atoms with Gasteiger partial charge in [0, 0.05) is 79.8 Å². The average molecular weight is 2000 g/mol. The maximum atomic E-state index is 14.3. The number of aliphatic hydroxyl groups excluding tert-OH is 2. The lowest BCUT2D eigenvalue weighted by Gasteiger charge is -2.35. The van der Waals surface area contributed by atoms with E-state index in [4.69, 9.17) is 33.5 Å². The van der Waals surface area contributed by atoms with E-state index in [0.29, 0.717) is 85.9 Å². The lowest BCUT2D eigenvalue weighted by atomic mass is 9.85. The smallest absolute Gasteiger partial charge is 0.411 e. The number of hydrogen-bond donors (Lipinski definition) is 11. The van der Waals surface area contributed by atoms with E-state index in [1.807, 2.05) is 41.5 Å². The molecule has 0 aliphatic carbocycles. The number of nitrogens with one attached hydrogen (secondary N) is 8. The van der Waals surface area contributed by atoms with Crippen LogP contribution in [0, 0.1) is 10.8 Å². The number of aliphatic hydroxyl groups is 2. The minimum atomic E-state index is -1.25. The van der Waals surface area contributed by atoms with E-state index in [-0.39, 0.29) is 101 Å². The molecular formula is C101H144N14O28. The molecule has 4 fully saturated rings. The molecule has 6 aliphatic rings. The number of rotatable bonds is 24. The van der Waals surface area contributed by atoms with Crippen LogP contribution in [0.4, 0.5) is 9.59 Å². The molecule has 0 aromatic heterocycles. The molecule has 4 aromatic carbocycles. The number of benzene rings is 4. The number of β-amino-alcohol motifs (C(OH)–C–C–N with tert-alkyl or cyclic N) is 2. The molecule has 0 spiro atoms. The molecule has 42 heteroatoms. The molecular weight excluding hydrogens is 1860 g/mol. The Morgan fingerprint density at radius 1 is 0.469 bits per heavy atom. The lowest BCUT2D eigenvalue weighted by molar-refractivity contribution is -0.146. The van der Waals surface area contributed by atoms with Gasteiger partial charge in [-0.15, -0.1) is 0 Å². The lowest BCUT2D eigenvalue weighted by Crippen LogP contribution is -2.59. The van der Waals surface area contributed by atoms with Crippen LogP contribution in [0.2, 0.25) is 0 Å². The van der Waals surface area contributed by atoms with E-state index >= 15 is 0 Å². The highest BCUT2D eigenvalue weighted by Gasteiger charge is 2.50. The Kier molecular flexibility index (Phi) is 43.9. The van der Waals surface area contributed by atoms with Crippen molar-refractivity contribution in [1.82, 2.24) is 71.9 Å². The van der Waals surface area contributed by atoms with Crippen molar-refractivity contribution in [1.29, 1.82) is 0 Å². The Bertz CT molecular complexity index is 4840. The number of likely N-dealkylation sites (N-methyl/N-ethyl adjacent to an activating group) is 2. The van der Waals surface area contributed by atoms with Crippen LogP contribution in [0.3, 0.4) is 0 Å². The van der Waals surface area contributed by atoms with Gasteiger partial charge >= 0.3 is 24.1 Å². The van der Waals surface area contributed by atoms with E-state index < -0.39 is 203 Å². The summed E-state index contributed by atoms with van der Waals surface area (Å²) in [5.41, 5.74) is -0.282. The number of hydrogen-bond acceptors (Lipinski definition) is 27. The standard InChI is InChI=1S/2C40H54N6O9.C11H19NO5.C10H17NO5/c2*1-7-13-29(34(49)37(51)41-23-32(48)43-33(38(52)45(5)6)26-15-9-8-10-16-26)42-36(50)30-22-28-24-46(30)39(53)35(40(2,3)4)44-31(47)21-25-14-11-17-27(20-25)54-18-12-19-55-28;1-11(2,3)17-10(15)12-6-7(13)5-8(12)9(14)16-4;1-10(2,3)16-9(15)11-5-6(12)4-7(11)8(13)14/h2*8-11,14-17,20,28-30,33,35H,7,12-13,18-19,21-24H2,1-6H3,(H,41,51)(H,42,50)(H,43,48)(H,44,47);7-8,13H,5-6H2,1-4H3;6-7,12H,4-5H2,1-3H3,(H,13,14)/t28-,29+,30-,33-,35+;28-,29-,30-,33-,35+;7-,8-;6-,7-/m0000/s1. The van der Waals surface area contributed by atoms with E-state index in [1.54, 1.807) is 193 Å². The molecule has 0 unspecified atom stereocenters. The van der Waals surface area contributed by atoms with Gasteiger partial charge in [0.25, 0.3) is 11.8 Å². The normalized spacial score (nSPS) is 21.4. The van der Waals surface area contributed by atoms with Gasteiger partial charge in [0.05, 0.1) is 109 Å². The second-order valence-electron chi connectivity index (χ2n) is 40.3. The van der Waals surface area contributed by atoms with E-state index in [0.717, 1.165) is 4.90 Å². The number of carbonyl (C=O) groups excluding carboxylic acids is 17. The summed E-state index contributed by atoms with van der Waals surface area (Å²) in [6, 6.07) is 21.2. The summed E-state index contributed by atoms with van der Waals surface area (Å²) in [6.07, 6.45) is -1.20. The first-order valence-corrected chi connectivity index (χ1v) is 48.0. The van der Waals surface area contributed by atoms with Crippen LogP contribution in [0.15, 0.2) is 109 Å². The molecule has 6 heterocycles. The zero-order valence-electron chi connectivity index (χ0n) is 85.3. The number of Topliss-reactive ketones (excluding diaryl/α,β-unsaturated/α-hetero) is 2. The molecule has 786 valence electrons. The topological polar surface area (TPSA) is 548 Å². The zero-order valence-corrected chi connectivity index (χ0v) is 85.3. The summed E-state index contributed by atoms with van der Waals surface area (Å²) in [4.78, 5) is 241. The third-order valence-electron chi connectivity index (χ3n) is 23.4. The van der Waals surface area contributed by atoms with Crippen LogP contribution in [0.1, 0.15) is 195 Å². The van der Waals surface area contributed by atoms with Crippen molar-refractivity contribution in [3.8, 4) is 11.5 Å². The number of fused-ring (bicyclic) bond motifs is 8. The number of carboxylic acid groups (broad SMARTS) is 1. The fraction of sp³-hybridized carbons (Fsp3) is 0.584. The van der Waals surface area contributed by atoms with Gasteiger partial charge in [-0.25, -0.2) is 19.2 Å². The summed E-state index contributed by atoms with van der Waals surface area (Å²) >= 11 is 0. The molecule has 42 nitrogen and oxygen atoms in total. The van der Waals surface area contributed by atoms with Crippen molar-refractivity contribution in [2.75, 3.05) is 101 Å². The van der Waals surface area contributed by atoms with Crippen LogP contribution < -0.4 is 52.0 Å². The summed E-state index contributed by atoms with van der Waals surface area (Å²) in [6.45, 7) is 25.2. The number of methoxy groups -OCH3 is 1. The Labute approximate surface area is 834 Å². The predicted molar refractivity (Wildman–Crippen MR) is 519 cm³/mol. The molecule has 11 N–H and O–H groups in total. The minimum absolute atomic E-state index is 0.00583. The van der Waals surface area contributed by atoms with Crippen LogP contribution in [-0.2, 0) is 113 Å². The van der Waals surface area contributed by atoms with Crippen LogP contribution >= 0.6 is 0 Å². The summed E-state index contributed by atoms with van der Waals surface area (Å²) in [5.74, 6) is -9.71. The molecule has 143 heavy (non-hydrogen) atoms. The van der Waals surface area contributed by atoms with Crippen LogP contribution in [-0.4, -0.2) is 336 Å². The van der Waals surface area contributed by atoms with Crippen molar-refractivity contribution >= 4 is 107 Å². The number of likely N-dealkylation sites (tertiary alicyclic amines) is 2. The molecule has 0 saturated carbocycles. The molecule has 4 aromatic rings. The number of aliphatic carboxylic acids is 1. The van der Waals surface area contributed by atoms with Gasteiger partial charge in [-0.2, -0.15) is 0 Å². The SMILES string of the molecule is CC(C)(C)OC(=O)N1C[C@@H](O)C[C@H]1C(=O)O.CCC[C@@H](NC(=O)[C@@H]1C[C@H]2CN1C(=O)[C@H](C(C)(C)C)NC(=O)Cc1cccc(c1)OCCCO2)C(=O)C(=O)NCC(=O)N[C@H](C(=O)N(C)C)c1ccccc1.CCC[C@H](NC(=O)[C@@H]1C[C@H]2CN1C(=O)[C@H](C(C)(C)C)NC(=O)Cc1cccc(c1)OCCCO2)C(=O)C(=O)NCC(=O)N[C@H](C(=O)N(C)C)c1ccccc1.COC(=O)[C@@H]1C[C@H](O)CN1C(=O)OC(C)(C)C. The van der Waals surface area contributed by atoms with Crippen LogP contribution in [0.25, 0.3) is 0 Å². The summed E-state index contributed by atoms with van der Waals surface area (Å²) in [7, 11) is 7.47. The number of carbonyl (C=O) groups is 18. The first-order chi connectivity index (χ1) is 67.1. The van der Waals surface area contributed by atoms with E-state index in [9.17, 15) is 96.5 Å². The van der Waals surface area contributed by atoms with Gasteiger partial charge in [0.1, 0.15) is 71.0 Å². The quantitative estimate of drug-likeness (QED) is 0.0269. The molecule has 8 bridgehead atoms. The van der Waals surface area contributed by atoms with Crippen molar-refractivity contribution in [2.24, 2.45) is 10.8 Å². The van der Waals surface area contributed by atoms with Gasteiger partial charge in [0.15, 0.2) is 0 Å². The third kappa shape index (κ3) is 36.3. The predicted octanol–water partition coefficient (Wildman–Crippen LogP) is 3.86. The van der Waals surface area contributed by atoms with Crippen molar-refractivity contribution in [3.05, 3.63) is 131 Å². The van der Waals surface area contributed by atoms with Gasteiger partial charge in [-0.1, -0.05) is 153 Å². The van der Waals surface area contributed by atoms with Gasteiger partial charge in [0.2, 0.25) is 70.6 Å². The Balaban J connectivity index is 0.000000294. The largest absolute Gasteiger partial charge is 0.493 e. The molecule has 10 rings (SSSR count). The second-order valence-corrected chi connectivity index (χ2v) is 40.3. The number of ketones is 2. The Hall–Kier alpha value is -13.2. The van der Waals surface area contributed by atoms with Crippen molar-refractivity contribution in [3.63, 3.8) is 0 Å². The number of nitrogens with zero attached hydrogens (tertiary/aromatic N) is 6. The molecule has 0 radical (unpaired) electrons. The van der Waals surface area contributed by atoms with Gasteiger partial charge < -0.3 is 111 Å². The van der Waals surface area contributed by atoms with Crippen LogP contribution in [0.5, 0.6) is 11.5 Å². The fourth-order valence-corrected chi connectivity index (χ4v) is 16.3. The summed E-state index contributed by atoms with van der Waals surface area (Å²) in [5, 5.41) is 48.7. The second kappa shape index (κ2) is 53.8. The highest BCUT2D eigenvalue weighted by Crippen LogP contribution is 2.33. The number of amides is 14. The molecule has 14 atom stereocenters. The maximum Gasteiger partial charge on any atom is 0.411 e. The molecule has 4 saturated heterocycles. The van der Waals surface area contributed by atoms with Crippen molar-refractivity contribution < 1.29 is 135 Å². The zero-order chi connectivity index (χ0) is 106. The first-order valence-electron chi connectivity index (χ1n) is 48.0. The first kappa shape index (κ1) is 117. The highest BCUT2D eigenvalue weighted by atomic mass is 16.6. The number of esters is 1. The third-order valence-corrected chi connectivity index (χ3v) is 23.4. The van der Waals surface area contributed by atoms with E-state index in [2.05, 4.69) is 47.3 Å². The number of ether oxygens (including phenoxy) is 7. The minimum Gasteiger partial charge on any atom is -0.493 e. The maximum absolute atomic E-state index is 14.3. The Morgan fingerprint density at radius 2 is 0.832 bits per heavy atom. The monoisotopic (exact) mass is 2000 g/mol. The van der Waals surface area contributed by atoms with Crippen molar-refractivity contribution in [2.45, 2.75) is 270 Å². The number of carboxylic acids is 1. The van der Waals surface area contributed by atoms with Gasteiger partial charge in [-0.3, -0.25) is 76.9 Å². The fourth-order valence-electron chi connectivity index (χ4n) is 16.3. The van der Waals surface area contributed by atoms with E-state index in [1.165, 1.54) is 31.6 Å². The molecule has 6 aliphatic heterocycles. The highest BCUT2D eigenvalue weighted by molar-refractivity contribution is 6.39. The molecule has 14 amide bonds. The Morgan fingerprint density at radius 3 is 1.17 bits per heavy atom. The van der Waals surface area contributed by atoms with Gasteiger partial charge in [-0.05, 0) is 112 Å². The summed E-state index contributed by atoms with van der Waals surface area (Å²) < 4.78 is 38.7. The average Bonchev–Trinajstić information content (AvgIpc) is 1.66.